The molecule has 5 nitrogen and oxygen atoms in total. The molecule has 40 valence electrons. The van der Waals surface area contributed by atoms with Crippen LogP contribution in [-0.4, -0.2) is 10.1 Å². The van der Waals surface area contributed by atoms with Crippen molar-refractivity contribution in [1.29, 1.82) is 0 Å². The van der Waals surface area contributed by atoms with Crippen molar-refractivity contribution in [2.75, 3.05) is 0 Å². The van der Waals surface area contributed by atoms with E-state index in [0.717, 1.165) is 0 Å². The van der Waals surface area contributed by atoms with E-state index in [1.165, 1.54) is 0 Å². The van der Waals surface area contributed by atoms with Gasteiger partial charge in [-0.05, 0) is 0 Å². The van der Waals surface area contributed by atoms with Gasteiger partial charge in [-0.15, -0.1) is 0 Å². The van der Waals surface area contributed by atoms with Gasteiger partial charge in [0.2, 0.25) is 0 Å². The van der Waals surface area contributed by atoms with Crippen molar-refractivity contribution < 1.29 is 5.95 Å². The number of aromatic nitrogens is 2. The summed E-state index contributed by atoms with van der Waals surface area (Å²) in [4.78, 5) is 21.5. The molecule has 0 amide bonds. The highest BCUT2D eigenvalue weighted by atomic mass is 16.5. The van der Waals surface area contributed by atoms with Gasteiger partial charge in [-0.2, -0.15) is 5.16 Å². The molecule has 1 rings (SSSR count). The fourth-order valence-electron chi connectivity index (χ4n) is 0.236. The first kappa shape index (κ1) is 3.91. The van der Waals surface area contributed by atoms with Crippen LogP contribution in [0.1, 0.15) is 1.43 Å². The molecule has 0 fully saturated rings. The van der Waals surface area contributed by atoms with Crippen molar-refractivity contribution in [3.05, 3.63) is 21.0 Å². The normalized spacial score (nSPS) is 9.14. The molecule has 0 aromatic carbocycles. The Balaban J connectivity index is 0.000000490. The number of nitrogens with one attached hydrogen (secondary N) is 2. The fourth-order valence-corrected chi connectivity index (χ4v) is 0.236. The summed E-state index contributed by atoms with van der Waals surface area (Å²) >= 11 is 0. The molecule has 7 heavy (non-hydrogen) atoms. The maximum atomic E-state index is 9.89. The molecule has 1 heterocycles. The summed E-state index contributed by atoms with van der Waals surface area (Å²) in [6.45, 7) is 0. The van der Waals surface area contributed by atoms with Crippen molar-refractivity contribution in [2.45, 2.75) is 0 Å². The zero-order valence-electron chi connectivity index (χ0n) is 3.22. The quantitative estimate of drug-likeness (QED) is 0.438. The average molecular weight is 104 g/mol. The van der Waals surface area contributed by atoms with E-state index >= 15 is 0 Å². The SMILES string of the molecule is O=c1[nH]oc(=O)[nH]1.[HH]. The topological polar surface area (TPSA) is 78.9 Å². The van der Waals surface area contributed by atoms with E-state index in [1.807, 2.05) is 0 Å². The first-order valence-corrected chi connectivity index (χ1v) is 1.57. The van der Waals surface area contributed by atoms with Crippen LogP contribution in [0.25, 0.3) is 0 Å². The van der Waals surface area contributed by atoms with Gasteiger partial charge in [0, 0.05) is 1.43 Å². The first-order chi connectivity index (χ1) is 3.29. The number of hydrogen-bond acceptors (Lipinski definition) is 3. The Labute approximate surface area is 38.4 Å². The van der Waals surface area contributed by atoms with E-state index in [4.69, 9.17) is 0 Å². The Morgan fingerprint density at radius 3 is 2.43 bits per heavy atom. The molecule has 0 saturated carbocycles. The highest BCUT2D eigenvalue weighted by Crippen LogP contribution is 1.41. The van der Waals surface area contributed by atoms with Gasteiger partial charge in [0.1, 0.15) is 0 Å². The number of H-pyrrole nitrogens is 2. The highest BCUT2D eigenvalue weighted by Gasteiger charge is 1.83. The summed E-state index contributed by atoms with van der Waals surface area (Å²) in [5.41, 5.74) is -0.620. The molecule has 0 bridgehead atoms. The third-order valence-corrected chi connectivity index (χ3v) is 0.452. The summed E-state index contributed by atoms with van der Waals surface area (Å²) in [5.74, 6) is -0.759. The van der Waals surface area contributed by atoms with Gasteiger partial charge in [0.05, 0.1) is 0 Å². The van der Waals surface area contributed by atoms with Gasteiger partial charge in [0.25, 0.3) is 0 Å². The monoisotopic (exact) mass is 104 g/mol. The number of rotatable bonds is 0. The van der Waals surface area contributed by atoms with Crippen molar-refractivity contribution in [1.82, 2.24) is 10.1 Å². The number of hydrogen-bond donors (Lipinski definition) is 2. The third-order valence-electron chi connectivity index (χ3n) is 0.452. The van der Waals surface area contributed by atoms with E-state index in [-0.39, 0.29) is 1.43 Å². The molecule has 1 aromatic heterocycles. The average Bonchev–Trinajstić information content (AvgIpc) is 1.87. The van der Waals surface area contributed by atoms with Gasteiger partial charge in [0.15, 0.2) is 0 Å². The first-order valence-electron chi connectivity index (χ1n) is 1.57. The van der Waals surface area contributed by atoms with Crippen molar-refractivity contribution in [3.63, 3.8) is 0 Å². The molecule has 0 atom stereocenters. The van der Waals surface area contributed by atoms with Crippen LogP contribution in [0.2, 0.25) is 0 Å². The minimum atomic E-state index is -0.759. The predicted molar refractivity (Wildman–Crippen MR) is 22.1 cm³/mol. The molecular formula is C2H4N2O3. The predicted octanol–water partition coefficient (Wildman–Crippen LogP) is -1.10. The Hall–Kier alpha value is -1.26. The van der Waals surface area contributed by atoms with E-state index in [9.17, 15) is 9.59 Å². The van der Waals surface area contributed by atoms with Crippen LogP contribution in [0, 0.1) is 0 Å². The Kier molecular flexibility index (Phi) is 0.619. The van der Waals surface area contributed by atoms with Crippen LogP contribution in [0.4, 0.5) is 0 Å². The van der Waals surface area contributed by atoms with Gasteiger partial charge in [-0.25, -0.2) is 14.6 Å². The van der Waals surface area contributed by atoms with Crippen LogP contribution < -0.4 is 11.4 Å². The van der Waals surface area contributed by atoms with Gasteiger partial charge < -0.3 is 4.52 Å². The van der Waals surface area contributed by atoms with Crippen LogP contribution >= 0.6 is 0 Å². The van der Waals surface area contributed by atoms with Crippen molar-refractivity contribution in [3.8, 4) is 0 Å². The maximum absolute atomic E-state index is 9.89. The molecule has 0 aliphatic carbocycles. The van der Waals surface area contributed by atoms with Crippen LogP contribution in [0.5, 0.6) is 0 Å². The Bertz CT molecular complexity index is 220. The van der Waals surface area contributed by atoms with Crippen molar-refractivity contribution >= 4 is 0 Å². The van der Waals surface area contributed by atoms with Gasteiger partial charge >= 0.3 is 11.4 Å². The molecule has 0 unspecified atom stereocenters. The van der Waals surface area contributed by atoms with E-state index in [2.05, 4.69) is 4.52 Å². The zero-order chi connectivity index (χ0) is 5.28. The smallest absolute Gasteiger partial charge is 0.320 e. The fraction of sp³-hybridized carbons (Fsp3) is 0. The second-order valence-electron chi connectivity index (χ2n) is 0.946. The molecular weight excluding hydrogens is 100 g/mol. The molecule has 2 N–H and O–H groups in total. The van der Waals surface area contributed by atoms with Crippen LogP contribution in [0.15, 0.2) is 14.1 Å². The summed E-state index contributed by atoms with van der Waals surface area (Å²) in [6, 6.07) is 0. The lowest BCUT2D eigenvalue weighted by atomic mass is 11.3. The maximum Gasteiger partial charge on any atom is 0.439 e. The highest BCUT2D eigenvalue weighted by molar-refractivity contribution is 4.46. The standard InChI is InChI=1S/C2H2N2O3.H2/c5-1-3-2(6)7-4-1;/h(H2,3,4,5,6);1H. The zero-order valence-corrected chi connectivity index (χ0v) is 3.22. The summed E-state index contributed by atoms with van der Waals surface area (Å²) in [6.07, 6.45) is 0. The lowest BCUT2D eigenvalue weighted by Gasteiger charge is -1.50. The summed E-state index contributed by atoms with van der Waals surface area (Å²) in [7, 11) is 0. The van der Waals surface area contributed by atoms with E-state index in [1.54, 1.807) is 10.1 Å². The van der Waals surface area contributed by atoms with Gasteiger partial charge in [-0.1, -0.05) is 0 Å². The molecule has 0 spiro atoms. The minimum absolute atomic E-state index is 0. The molecule has 1 aromatic rings. The van der Waals surface area contributed by atoms with Crippen molar-refractivity contribution in [2.24, 2.45) is 0 Å². The second-order valence-corrected chi connectivity index (χ2v) is 0.946. The largest absolute Gasteiger partial charge is 0.439 e. The molecule has 5 heteroatoms. The number of aromatic amines is 2. The van der Waals surface area contributed by atoms with Crippen LogP contribution in [0.3, 0.4) is 0 Å². The second kappa shape index (κ2) is 1.11. The Morgan fingerprint density at radius 1 is 1.57 bits per heavy atom. The lowest BCUT2D eigenvalue weighted by molar-refractivity contribution is 0.382. The lowest BCUT2D eigenvalue weighted by Crippen LogP contribution is -2.06. The Morgan fingerprint density at radius 2 is 2.29 bits per heavy atom. The minimum Gasteiger partial charge on any atom is -0.320 e. The summed E-state index contributed by atoms with van der Waals surface area (Å²) < 4.78 is 3.92. The van der Waals surface area contributed by atoms with E-state index in [0.29, 0.717) is 0 Å². The van der Waals surface area contributed by atoms with Gasteiger partial charge in [-0.3, -0.25) is 0 Å². The third kappa shape index (κ3) is 0.594. The summed E-state index contributed by atoms with van der Waals surface area (Å²) in [5, 5.41) is 1.77. The van der Waals surface area contributed by atoms with E-state index < -0.39 is 11.4 Å². The van der Waals surface area contributed by atoms with Crippen LogP contribution in [-0.2, 0) is 0 Å². The molecule has 0 aliphatic heterocycles. The molecule has 0 radical (unpaired) electrons. The molecule has 0 saturated heterocycles. The molecule has 0 aliphatic rings.